The molecule has 0 aromatic carbocycles. The second kappa shape index (κ2) is 2.78. The molecule has 0 bridgehead atoms. The minimum Gasteiger partial charge on any atom is -0.0617 e. The highest BCUT2D eigenvalue weighted by Crippen LogP contribution is 2.88. The molecule has 2 aliphatic carbocycles. The molecule has 0 spiro atoms. The highest BCUT2D eigenvalue weighted by Gasteiger charge is 2.83. The minimum absolute atomic E-state index is 0.377. The second-order valence-corrected chi connectivity index (χ2v) is 8.86. The molecular formula is C17H32. The molecule has 2 aliphatic rings. The number of fused-ring (bicyclic) bond motifs is 1. The molecule has 0 heterocycles. The molecule has 100 valence electrons. The molecule has 0 N–H and O–H groups in total. The molecule has 0 aromatic rings. The van der Waals surface area contributed by atoms with Crippen LogP contribution in [-0.2, 0) is 0 Å². The topological polar surface area (TPSA) is 0 Å². The Morgan fingerprint density at radius 3 is 0.941 bits per heavy atom. The van der Waals surface area contributed by atoms with E-state index in [1.807, 2.05) is 0 Å². The van der Waals surface area contributed by atoms with Crippen LogP contribution in [0.15, 0.2) is 0 Å². The molecule has 0 radical (unpaired) electrons. The van der Waals surface area contributed by atoms with E-state index in [9.17, 15) is 0 Å². The van der Waals surface area contributed by atoms with Crippen molar-refractivity contribution in [2.24, 2.45) is 38.9 Å². The SMILES string of the molecule is CC1C(C)C2(C)C(C)(C)C(C)(C)C(C)(C)C12C. The van der Waals surface area contributed by atoms with Gasteiger partial charge in [0.05, 0.1) is 0 Å². The van der Waals surface area contributed by atoms with E-state index in [1.54, 1.807) is 0 Å². The maximum atomic E-state index is 2.56. The Labute approximate surface area is 109 Å². The summed E-state index contributed by atoms with van der Waals surface area (Å²) in [5, 5.41) is 0. The Morgan fingerprint density at radius 1 is 0.471 bits per heavy atom. The molecule has 0 aromatic heterocycles. The lowest BCUT2D eigenvalue weighted by molar-refractivity contribution is -0.224. The van der Waals surface area contributed by atoms with Crippen molar-refractivity contribution in [1.82, 2.24) is 0 Å². The van der Waals surface area contributed by atoms with Crippen molar-refractivity contribution in [2.45, 2.75) is 69.2 Å². The highest BCUT2D eigenvalue weighted by atomic mass is 14.9. The molecule has 2 rings (SSSR count). The van der Waals surface area contributed by atoms with Crippen LogP contribution in [-0.4, -0.2) is 0 Å². The van der Waals surface area contributed by atoms with Gasteiger partial charge in [0.25, 0.3) is 0 Å². The third kappa shape index (κ3) is 0.843. The summed E-state index contributed by atoms with van der Waals surface area (Å²) < 4.78 is 0. The lowest BCUT2D eigenvalue weighted by atomic mass is 9.34. The Hall–Kier alpha value is 0. The quantitative estimate of drug-likeness (QED) is 0.530. The van der Waals surface area contributed by atoms with Gasteiger partial charge in [-0.25, -0.2) is 0 Å². The van der Waals surface area contributed by atoms with E-state index in [2.05, 4.69) is 69.2 Å². The summed E-state index contributed by atoms with van der Waals surface area (Å²) in [7, 11) is 0. The van der Waals surface area contributed by atoms with Gasteiger partial charge in [0, 0.05) is 0 Å². The zero-order chi connectivity index (χ0) is 13.7. The maximum absolute atomic E-state index is 2.56. The number of hydrogen-bond donors (Lipinski definition) is 0. The van der Waals surface area contributed by atoms with Crippen LogP contribution < -0.4 is 0 Å². The molecular weight excluding hydrogens is 204 g/mol. The Bertz CT molecular complexity index is 326. The summed E-state index contributed by atoms with van der Waals surface area (Å²) in [5.41, 5.74) is 2.09. The van der Waals surface area contributed by atoms with Crippen molar-refractivity contribution < 1.29 is 0 Å². The average molecular weight is 236 g/mol. The van der Waals surface area contributed by atoms with Gasteiger partial charge in [-0.05, 0) is 38.9 Å². The van der Waals surface area contributed by atoms with Gasteiger partial charge < -0.3 is 0 Å². The van der Waals surface area contributed by atoms with Gasteiger partial charge in [-0.2, -0.15) is 0 Å². The van der Waals surface area contributed by atoms with Crippen LogP contribution in [0.4, 0.5) is 0 Å². The maximum Gasteiger partial charge on any atom is -0.0179 e. The summed E-state index contributed by atoms with van der Waals surface area (Å²) in [6.45, 7) is 25.2. The fourth-order valence-electron chi connectivity index (χ4n) is 6.37. The van der Waals surface area contributed by atoms with E-state index in [1.165, 1.54) is 0 Å². The molecule has 0 saturated heterocycles. The second-order valence-electron chi connectivity index (χ2n) is 8.86. The molecule has 0 nitrogen and oxygen atoms in total. The standard InChI is InChI=1S/C17H32/c1-11-12(2)17(10)15(7,8)13(3,4)14(5,6)16(11,17)9/h11-12H,1-10H3. The summed E-state index contributed by atoms with van der Waals surface area (Å²) in [6, 6.07) is 0. The van der Waals surface area contributed by atoms with Crippen molar-refractivity contribution in [3.05, 3.63) is 0 Å². The smallest absolute Gasteiger partial charge is 0.0179 e. The molecule has 0 aliphatic heterocycles. The summed E-state index contributed by atoms with van der Waals surface area (Å²) in [4.78, 5) is 0. The molecule has 4 unspecified atom stereocenters. The normalized spacial score (nSPS) is 54.0. The van der Waals surface area contributed by atoms with Crippen molar-refractivity contribution in [3.63, 3.8) is 0 Å². The molecule has 4 atom stereocenters. The van der Waals surface area contributed by atoms with E-state index in [0.717, 1.165) is 11.8 Å². The number of hydrogen-bond acceptors (Lipinski definition) is 0. The van der Waals surface area contributed by atoms with Crippen LogP contribution in [0.1, 0.15) is 69.2 Å². The Kier molecular flexibility index (Phi) is 2.19. The predicted molar refractivity (Wildman–Crippen MR) is 75.9 cm³/mol. The van der Waals surface area contributed by atoms with Gasteiger partial charge in [0.1, 0.15) is 0 Å². The summed E-state index contributed by atoms with van der Waals surface area (Å²) in [5.74, 6) is 1.67. The Balaban J connectivity index is 2.74. The van der Waals surface area contributed by atoms with Gasteiger partial charge in [-0.1, -0.05) is 69.2 Å². The van der Waals surface area contributed by atoms with Gasteiger partial charge in [0.2, 0.25) is 0 Å². The predicted octanol–water partition coefficient (Wildman–Crippen LogP) is 5.38. The van der Waals surface area contributed by atoms with Crippen molar-refractivity contribution in [3.8, 4) is 0 Å². The molecule has 2 fully saturated rings. The molecule has 17 heavy (non-hydrogen) atoms. The summed E-state index contributed by atoms with van der Waals surface area (Å²) in [6.07, 6.45) is 0. The van der Waals surface area contributed by atoms with Crippen molar-refractivity contribution in [2.75, 3.05) is 0 Å². The van der Waals surface area contributed by atoms with Gasteiger partial charge >= 0.3 is 0 Å². The monoisotopic (exact) mass is 236 g/mol. The van der Waals surface area contributed by atoms with Crippen LogP contribution in [0.5, 0.6) is 0 Å². The summed E-state index contributed by atoms with van der Waals surface area (Å²) >= 11 is 0. The van der Waals surface area contributed by atoms with Gasteiger partial charge in [-0.3, -0.25) is 0 Å². The number of rotatable bonds is 0. The first-order valence-electron chi connectivity index (χ1n) is 7.32. The van der Waals surface area contributed by atoms with Crippen LogP contribution in [0.3, 0.4) is 0 Å². The first-order valence-corrected chi connectivity index (χ1v) is 7.32. The van der Waals surface area contributed by atoms with Gasteiger partial charge in [-0.15, -0.1) is 0 Å². The zero-order valence-electron chi connectivity index (χ0n) is 13.7. The third-order valence-electron chi connectivity index (χ3n) is 9.37. The fraction of sp³-hybridized carbons (Fsp3) is 1.00. The lowest BCUT2D eigenvalue weighted by Crippen LogP contribution is -2.65. The lowest BCUT2D eigenvalue weighted by Gasteiger charge is -2.70. The van der Waals surface area contributed by atoms with E-state index in [-0.39, 0.29) is 0 Å². The van der Waals surface area contributed by atoms with E-state index >= 15 is 0 Å². The fourth-order valence-corrected chi connectivity index (χ4v) is 6.37. The first kappa shape index (κ1) is 13.4. The largest absolute Gasteiger partial charge is 0.0617 e. The molecule has 0 heteroatoms. The van der Waals surface area contributed by atoms with Crippen molar-refractivity contribution >= 4 is 0 Å². The van der Waals surface area contributed by atoms with E-state index < -0.39 is 0 Å². The van der Waals surface area contributed by atoms with Crippen molar-refractivity contribution in [1.29, 1.82) is 0 Å². The minimum atomic E-state index is 0.377. The van der Waals surface area contributed by atoms with Gasteiger partial charge in [0.15, 0.2) is 0 Å². The highest BCUT2D eigenvalue weighted by molar-refractivity contribution is 5.30. The van der Waals surface area contributed by atoms with Crippen LogP contribution >= 0.6 is 0 Å². The van der Waals surface area contributed by atoms with E-state index in [4.69, 9.17) is 0 Å². The third-order valence-corrected chi connectivity index (χ3v) is 9.37. The molecule has 0 amide bonds. The van der Waals surface area contributed by atoms with Crippen LogP contribution in [0.25, 0.3) is 0 Å². The van der Waals surface area contributed by atoms with E-state index in [0.29, 0.717) is 27.1 Å². The van der Waals surface area contributed by atoms with Crippen LogP contribution in [0.2, 0.25) is 0 Å². The zero-order valence-corrected chi connectivity index (χ0v) is 13.7. The average Bonchev–Trinajstić information content (AvgIpc) is 2.27. The van der Waals surface area contributed by atoms with Crippen LogP contribution in [0, 0.1) is 38.9 Å². The first-order chi connectivity index (χ1) is 7.32. The Morgan fingerprint density at radius 2 is 0.706 bits per heavy atom. The molecule has 2 saturated carbocycles.